The molecule has 0 aliphatic rings. The van der Waals surface area contributed by atoms with E-state index in [9.17, 15) is 0 Å². The second-order valence-corrected chi connectivity index (χ2v) is 2.73. The van der Waals surface area contributed by atoms with E-state index in [0.29, 0.717) is 6.54 Å². The SMILES string of the molecule is NCc1ccc(-c2cn[nH]c2)cn1. The van der Waals surface area contributed by atoms with E-state index in [4.69, 9.17) is 5.73 Å². The molecule has 2 aromatic rings. The molecule has 2 rings (SSSR count). The van der Waals surface area contributed by atoms with Crippen molar-refractivity contribution in [3.05, 3.63) is 36.4 Å². The third-order valence-electron chi connectivity index (χ3n) is 1.87. The van der Waals surface area contributed by atoms with Gasteiger partial charge in [0.25, 0.3) is 0 Å². The maximum Gasteiger partial charge on any atom is 0.0566 e. The summed E-state index contributed by atoms with van der Waals surface area (Å²) in [5, 5.41) is 6.62. The highest BCUT2D eigenvalue weighted by Crippen LogP contribution is 2.15. The van der Waals surface area contributed by atoms with Gasteiger partial charge in [-0.2, -0.15) is 5.10 Å². The van der Waals surface area contributed by atoms with Crippen LogP contribution in [0.1, 0.15) is 5.69 Å². The largest absolute Gasteiger partial charge is 0.325 e. The van der Waals surface area contributed by atoms with E-state index in [1.165, 1.54) is 0 Å². The molecule has 2 heterocycles. The molecule has 4 heteroatoms. The summed E-state index contributed by atoms with van der Waals surface area (Å²) >= 11 is 0. The molecule has 0 atom stereocenters. The lowest BCUT2D eigenvalue weighted by Gasteiger charge is -1.97. The van der Waals surface area contributed by atoms with Crippen LogP contribution in [0.3, 0.4) is 0 Å². The number of nitrogens with zero attached hydrogens (tertiary/aromatic N) is 2. The van der Waals surface area contributed by atoms with Gasteiger partial charge in [0.1, 0.15) is 0 Å². The molecule has 0 radical (unpaired) electrons. The van der Waals surface area contributed by atoms with Gasteiger partial charge in [-0.15, -0.1) is 0 Å². The minimum atomic E-state index is 0.478. The van der Waals surface area contributed by atoms with Gasteiger partial charge in [0.05, 0.1) is 11.9 Å². The van der Waals surface area contributed by atoms with E-state index < -0.39 is 0 Å². The zero-order valence-corrected chi connectivity index (χ0v) is 7.07. The Hall–Kier alpha value is -1.68. The van der Waals surface area contributed by atoms with Crippen LogP contribution in [0.15, 0.2) is 30.7 Å². The van der Waals surface area contributed by atoms with Crippen LogP contribution >= 0.6 is 0 Å². The van der Waals surface area contributed by atoms with E-state index in [2.05, 4.69) is 15.2 Å². The normalized spacial score (nSPS) is 10.2. The lowest BCUT2D eigenvalue weighted by molar-refractivity contribution is 0.991. The van der Waals surface area contributed by atoms with Crippen LogP contribution in [-0.2, 0) is 6.54 Å². The number of aromatic amines is 1. The van der Waals surface area contributed by atoms with Gasteiger partial charge in [0.2, 0.25) is 0 Å². The Balaban J connectivity index is 2.33. The van der Waals surface area contributed by atoms with Crippen molar-refractivity contribution in [2.75, 3.05) is 0 Å². The number of nitrogens with two attached hydrogens (primary N) is 1. The molecule has 13 heavy (non-hydrogen) atoms. The minimum absolute atomic E-state index is 0.478. The highest BCUT2D eigenvalue weighted by atomic mass is 15.1. The van der Waals surface area contributed by atoms with Crippen LogP contribution in [-0.4, -0.2) is 15.2 Å². The lowest BCUT2D eigenvalue weighted by atomic mass is 10.1. The molecule has 4 nitrogen and oxygen atoms in total. The highest BCUT2D eigenvalue weighted by molar-refractivity contribution is 5.60. The van der Waals surface area contributed by atoms with E-state index in [0.717, 1.165) is 16.8 Å². The smallest absolute Gasteiger partial charge is 0.0566 e. The van der Waals surface area contributed by atoms with Crippen LogP contribution in [0.25, 0.3) is 11.1 Å². The Bertz CT molecular complexity index is 363. The maximum absolute atomic E-state index is 5.44. The maximum atomic E-state index is 5.44. The summed E-state index contributed by atoms with van der Waals surface area (Å²) in [5.41, 5.74) is 8.42. The van der Waals surface area contributed by atoms with Gasteiger partial charge in [0.15, 0.2) is 0 Å². The van der Waals surface area contributed by atoms with Crippen molar-refractivity contribution >= 4 is 0 Å². The Morgan fingerprint density at radius 2 is 2.15 bits per heavy atom. The zero-order valence-electron chi connectivity index (χ0n) is 7.07. The Morgan fingerprint density at radius 3 is 2.69 bits per heavy atom. The summed E-state index contributed by atoms with van der Waals surface area (Å²) in [6.07, 6.45) is 5.39. The molecule has 0 aliphatic heterocycles. The van der Waals surface area contributed by atoms with Crippen LogP contribution in [0, 0.1) is 0 Å². The number of pyridine rings is 1. The molecular formula is C9H10N4. The van der Waals surface area contributed by atoms with Crippen molar-refractivity contribution in [3.8, 4) is 11.1 Å². The summed E-state index contributed by atoms with van der Waals surface area (Å²) in [4.78, 5) is 4.19. The van der Waals surface area contributed by atoms with Crippen molar-refractivity contribution in [1.29, 1.82) is 0 Å². The predicted molar refractivity (Wildman–Crippen MR) is 49.7 cm³/mol. The first-order valence-electron chi connectivity index (χ1n) is 4.04. The summed E-state index contributed by atoms with van der Waals surface area (Å²) in [6.45, 7) is 0.478. The molecular weight excluding hydrogens is 164 g/mol. The lowest BCUT2D eigenvalue weighted by Crippen LogP contribution is -1.98. The number of nitrogens with one attached hydrogen (secondary N) is 1. The average Bonchev–Trinajstić information content (AvgIpc) is 2.71. The molecule has 0 amide bonds. The van der Waals surface area contributed by atoms with E-state index in [1.807, 2.05) is 18.3 Å². The molecule has 0 aliphatic carbocycles. The van der Waals surface area contributed by atoms with Crippen LogP contribution < -0.4 is 5.73 Å². The average molecular weight is 174 g/mol. The van der Waals surface area contributed by atoms with E-state index in [-0.39, 0.29) is 0 Å². The predicted octanol–water partition coefficient (Wildman–Crippen LogP) is 0.930. The van der Waals surface area contributed by atoms with Gasteiger partial charge in [-0.25, -0.2) is 0 Å². The van der Waals surface area contributed by atoms with Crippen molar-refractivity contribution in [2.45, 2.75) is 6.54 Å². The van der Waals surface area contributed by atoms with E-state index >= 15 is 0 Å². The van der Waals surface area contributed by atoms with Gasteiger partial charge in [0, 0.05) is 30.1 Å². The third-order valence-corrected chi connectivity index (χ3v) is 1.87. The fourth-order valence-electron chi connectivity index (χ4n) is 1.12. The number of hydrogen-bond donors (Lipinski definition) is 2. The quantitative estimate of drug-likeness (QED) is 0.711. The van der Waals surface area contributed by atoms with Gasteiger partial charge in [-0.1, -0.05) is 6.07 Å². The number of hydrogen-bond acceptors (Lipinski definition) is 3. The van der Waals surface area contributed by atoms with Crippen LogP contribution in [0.4, 0.5) is 0 Å². The fraction of sp³-hybridized carbons (Fsp3) is 0.111. The Labute approximate surface area is 75.8 Å². The summed E-state index contributed by atoms with van der Waals surface area (Å²) in [5.74, 6) is 0. The topological polar surface area (TPSA) is 67.6 Å². The monoisotopic (exact) mass is 174 g/mol. The number of aromatic nitrogens is 3. The summed E-state index contributed by atoms with van der Waals surface area (Å²) < 4.78 is 0. The summed E-state index contributed by atoms with van der Waals surface area (Å²) in [6, 6.07) is 3.91. The minimum Gasteiger partial charge on any atom is -0.325 e. The first-order chi connectivity index (χ1) is 6.40. The second-order valence-electron chi connectivity index (χ2n) is 2.73. The van der Waals surface area contributed by atoms with Crippen molar-refractivity contribution in [2.24, 2.45) is 5.73 Å². The van der Waals surface area contributed by atoms with Gasteiger partial charge >= 0.3 is 0 Å². The molecule has 66 valence electrons. The van der Waals surface area contributed by atoms with Crippen LogP contribution in [0.2, 0.25) is 0 Å². The van der Waals surface area contributed by atoms with Gasteiger partial charge < -0.3 is 5.73 Å². The molecule has 3 N–H and O–H groups in total. The molecule has 0 unspecified atom stereocenters. The number of rotatable bonds is 2. The molecule has 0 spiro atoms. The molecule has 0 saturated carbocycles. The Kier molecular flexibility index (Phi) is 2.06. The van der Waals surface area contributed by atoms with Crippen molar-refractivity contribution in [3.63, 3.8) is 0 Å². The fourth-order valence-corrected chi connectivity index (χ4v) is 1.12. The van der Waals surface area contributed by atoms with Gasteiger partial charge in [-0.3, -0.25) is 10.1 Å². The van der Waals surface area contributed by atoms with Crippen molar-refractivity contribution in [1.82, 2.24) is 15.2 Å². The molecule has 2 aromatic heterocycles. The van der Waals surface area contributed by atoms with Crippen molar-refractivity contribution < 1.29 is 0 Å². The van der Waals surface area contributed by atoms with E-state index in [1.54, 1.807) is 12.4 Å². The molecule has 0 bridgehead atoms. The standard InChI is InChI=1S/C9H10N4/c10-3-9-2-1-7(4-11-9)8-5-12-13-6-8/h1-2,4-6H,3,10H2,(H,12,13). The first-order valence-corrected chi connectivity index (χ1v) is 4.04. The first kappa shape index (κ1) is 7.94. The number of H-pyrrole nitrogens is 1. The Morgan fingerprint density at radius 1 is 1.23 bits per heavy atom. The molecule has 0 aromatic carbocycles. The molecule has 0 saturated heterocycles. The zero-order chi connectivity index (χ0) is 9.10. The highest BCUT2D eigenvalue weighted by Gasteiger charge is 1.98. The second kappa shape index (κ2) is 3.37. The molecule has 0 fully saturated rings. The summed E-state index contributed by atoms with van der Waals surface area (Å²) in [7, 11) is 0. The van der Waals surface area contributed by atoms with Gasteiger partial charge in [-0.05, 0) is 6.07 Å². The van der Waals surface area contributed by atoms with Crippen LogP contribution in [0.5, 0.6) is 0 Å². The third kappa shape index (κ3) is 1.57.